The Morgan fingerprint density at radius 1 is 1.00 bits per heavy atom. The molecular weight excluding hydrogens is 250 g/mol. The lowest BCUT2D eigenvalue weighted by atomic mass is 9.82. The lowest BCUT2D eigenvalue weighted by Gasteiger charge is -2.36. The van der Waals surface area contributed by atoms with Gasteiger partial charge in [-0.3, -0.25) is 0 Å². The van der Waals surface area contributed by atoms with E-state index >= 15 is 0 Å². The third kappa shape index (κ3) is 7.05. The van der Waals surface area contributed by atoms with Crippen molar-refractivity contribution >= 4 is 0 Å². The Labute approximate surface area is 125 Å². The van der Waals surface area contributed by atoms with Crippen LogP contribution in [-0.4, -0.2) is 38.5 Å². The number of nitrogens with one attached hydrogen (secondary N) is 1. The Kier molecular flexibility index (Phi) is 10.3. The fourth-order valence-electron chi connectivity index (χ4n) is 2.94. The van der Waals surface area contributed by atoms with Crippen LogP contribution in [0.3, 0.4) is 0 Å². The van der Waals surface area contributed by atoms with E-state index in [2.05, 4.69) is 26.1 Å². The Morgan fingerprint density at radius 2 is 1.85 bits per heavy atom. The fourth-order valence-corrected chi connectivity index (χ4v) is 2.94. The van der Waals surface area contributed by atoms with E-state index in [-0.39, 0.29) is 0 Å². The summed E-state index contributed by atoms with van der Waals surface area (Å²) >= 11 is 0. The summed E-state index contributed by atoms with van der Waals surface area (Å²) < 4.78 is 11.7. The smallest absolute Gasteiger partial charge is 0.0731 e. The first-order chi connectivity index (χ1) is 9.81. The van der Waals surface area contributed by atoms with Crippen LogP contribution in [0.15, 0.2) is 0 Å². The van der Waals surface area contributed by atoms with Gasteiger partial charge in [0.2, 0.25) is 0 Å². The van der Waals surface area contributed by atoms with Crippen LogP contribution in [0.25, 0.3) is 0 Å². The Morgan fingerprint density at radius 3 is 2.55 bits per heavy atom. The predicted octanol–water partition coefficient (Wildman–Crippen LogP) is 3.77. The summed E-state index contributed by atoms with van der Waals surface area (Å²) in [5.74, 6) is 0.848. The Bertz CT molecular complexity index is 223. The van der Waals surface area contributed by atoms with Crippen LogP contribution in [0.5, 0.6) is 0 Å². The zero-order valence-electron chi connectivity index (χ0n) is 13.8. The van der Waals surface area contributed by atoms with Crippen LogP contribution in [0, 0.1) is 5.92 Å². The maximum Gasteiger partial charge on any atom is 0.0731 e. The second kappa shape index (κ2) is 11.5. The van der Waals surface area contributed by atoms with Gasteiger partial charge in [-0.2, -0.15) is 0 Å². The minimum absolute atomic E-state index is 0.384. The van der Waals surface area contributed by atoms with E-state index in [1.165, 1.54) is 38.5 Å². The average Bonchev–Trinajstić information content (AvgIpc) is 2.49. The number of unbranched alkanes of at least 4 members (excludes halogenated alkanes) is 1. The summed E-state index contributed by atoms with van der Waals surface area (Å²) in [6.07, 6.45) is 9.05. The van der Waals surface area contributed by atoms with Crippen LogP contribution in [0.1, 0.15) is 65.7 Å². The van der Waals surface area contributed by atoms with Crippen molar-refractivity contribution in [2.75, 3.05) is 26.4 Å². The summed E-state index contributed by atoms with van der Waals surface area (Å²) in [6, 6.07) is 0.549. The molecule has 0 aliphatic heterocycles. The highest BCUT2D eigenvalue weighted by Gasteiger charge is 2.29. The van der Waals surface area contributed by atoms with E-state index in [9.17, 15) is 0 Å². The minimum atomic E-state index is 0.384. The van der Waals surface area contributed by atoms with Crippen LogP contribution < -0.4 is 5.32 Å². The highest BCUT2D eigenvalue weighted by molar-refractivity contribution is 4.85. The highest BCUT2D eigenvalue weighted by Crippen LogP contribution is 2.28. The summed E-state index contributed by atoms with van der Waals surface area (Å²) in [4.78, 5) is 0. The summed E-state index contributed by atoms with van der Waals surface area (Å²) in [5, 5.41) is 3.66. The van der Waals surface area contributed by atoms with Crippen molar-refractivity contribution in [3.8, 4) is 0 Å². The van der Waals surface area contributed by atoms with Gasteiger partial charge >= 0.3 is 0 Å². The molecule has 3 nitrogen and oxygen atoms in total. The molecule has 0 spiro atoms. The SMILES string of the molecule is CCCCOCCOC1CC(CC)CCC1NCCC. The van der Waals surface area contributed by atoms with Crippen molar-refractivity contribution in [3.05, 3.63) is 0 Å². The van der Waals surface area contributed by atoms with Gasteiger partial charge in [-0.05, 0) is 44.6 Å². The second-order valence-electron chi connectivity index (χ2n) is 6.02. The number of hydrogen-bond acceptors (Lipinski definition) is 3. The van der Waals surface area contributed by atoms with Crippen molar-refractivity contribution < 1.29 is 9.47 Å². The standard InChI is InChI=1S/C17H35NO2/c1-4-7-11-19-12-13-20-17-14-15(6-3)8-9-16(17)18-10-5-2/h15-18H,4-14H2,1-3H3. The van der Waals surface area contributed by atoms with Gasteiger partial charge in [0.05, 0.1) is 19.3 Å². The van der Waals surface area contributed by atoms with Crippen LogP contribution >= 0.6 is 0 Å². The van der Waals surface area contributed by atoms with Gasteiger partial charge in [0, 0.05) is 12.6 Å². The number of hydrogen-bond donors (Lipinski definition) is 1. The molecule has 0 heterocycles. The van der Waals surface area contributed by atoms with E-state index in [0.717, 1.165) is 38.7 Å². The quantitative estimate of drug-likeness (QED) is 0.586. The number of ether oxygens (including phenoxy) is 2. The molecule has 1 N–H and O–H groups in total. The average molecular weight is 285 g/mol. The highest BCUT2D eigenvalue weighted by atomic mass is 16.5. The van der Waals surface area contributed by atoms with Gasteiger partial charge in [0.15, 0.2) is 0 Å². The molecule has 1 aliphatic rings. The zero-order valence-corrected chi connectivity index (χ0v) is 13.8. The van der Waals surface area contributed by atoms with E-state index < -0.39 is 0 Å². The summed E-state index contributed by atoms with van der Waals surface area (Å²) in [6.45, 7) is 10.2. The first-order valence-corrected chi connectivity index (χ1v) is 8.74. The molecule has 120 valence electrons. The summed E-state index contributed by atoms with van der Waals surface area (Å²) in [5.41, 5.74) is 0. The lowest BCUT2D eigenvalue weighted by molar-refractivity contribution is -0.0365. The monoisotopic (exact) mass is 285 g/mol. The third-order valence-corrected chi connectivity index (χ3v) is 4.34. The summed E-state index contributed by atoms with van der Waals surface area (Å²) in [7, 11) is 0. The van der Waals surface area contributed by atoms with Crippen LogP contribution in [0.2, 0.25) is 0 Å². The molecule has 0 aromatic carbocycles. The molecule has 20 heavy (non-hydrogen) atoms. The van der Waals surface area contributed by atoms with Gasteiger partial charge in [-0.15, -0.1) is 0 Å². The van der Waals surface area contributed by atoms with Gasteiger partial charge in [0.1, 0.15) is 0 Å². The predicted molar refractivity (Wildman–Crippen MR) is 85.2 cm³/mol. The van der Waals surface area contributed by atoms with E-state index in [1.807, 2.05) is 0 Å². The molecular formula is C17H35NO2. The topological polar surface area (TPSA) is 30.5 Å². The zero-order chi connectivity index (χ0) is 14.6. The minimum Gasteiger partial charge on any atom is -0.379 e. The molecule has 1 saturated carbocycles. The molecule has 0 radical (unpaired) electrons. The van der Waals surface area contributed by atoms with Crippen molar-refractivity contribution in [1.82, 2.24) is 5.32 Å². The number of rotatable bonds is 11. The third-order valence-electron chi connectivity index (χ3n) is 4.34. The van der Waals surface area contributed by atoms with Crippen LogP contribution in [-0.2, 0) is 9.47 Å². The first-order valence-electron chi connectivity index (χ1n) is 8.74. The van der Waals surface area contributed by atoms with E-state index in [1.54, 1.807) is 0 Å². The van der Waals surface area contributed by atoms with Crippen molar-refractivity contribution in [2.24, 2.45) is 5.92 Å². The molecule has 3 heteroatoms. The largest absolute Gasteiger partial charge is 0.379 e. The van der Waals surface area contributed by atoms with Gasteiger partial charge in [-0.25, -0.2) is 0 Å². The van der Waals surface area contributed by atoms with Crippen molar-refractivity contribution in [3.63, 3.8) is 0 Å². The first kappa shape index (κ1) is 17.9. The molecule has 0 aromatic rings. The van der Waals surface area contributed by atoms with Gasteiger partial charge in [0.25, 0.3) is 0 Å². The molecule has 1 aliphatic carbocycles. The molecule has 0 bridgehead atoms. The molecule has 0 saturated heterocycles. The Balaban J connectivity index is 2.24. The molecule has 1 rings (SSSR count). The molecule has 3 unspecified atom stereocenters. The fraction of sp³-hybridized carbons (Fsp3) is 1.00. The van der Waals surface area contributed by atoms with E-state index in [0.29, 0.717) is 12.1 Å². The molecule has 0 aromatic heterocycles. The van der Waals surface area contributed by atoms with Crippen LogP contribution in [0.4, 0.5) is 0 Å². The van der Waals surface area contributed by atoms with Gasteiger partial charge in [-0.1, -0.05) is 33.6 Å². The van der Waals surface area contributed by atoms with Gasteiger partial charge < -0.3 is 14.8 Å². The van der Waals surface area contributed by atoms with Crippen molar-refractivity contribution in [1.29, 1.82) is 0 Å². The Hall–Kier alpha value is -0.120. The maximum atomic E-state index is 6.12. The molecule has 3 atom stereocenters. The maximum absolute atomic E-state index is 6.12. The lowest BCUT2D eigenvalue weighted by Crippen LogP contribution is -2.46. The second-order valence-corrected chi connectivity index (χ2v) is 6.02. The normalized spacial score (nSPS) is 26.9. The van der Waals surface area contributed by atoms with Crippen molar-refractivity contribution in [2.45, 2.75) is 77.9 Å². The molecule has 1 fully saturated rings. The molecule has 0 amide bonds. The van der Waals surface area contributed by atoms with E-state index in [4.69, 9.17) is 9.47 Å².